The highest BCUT2D eigenvalue weighted by Crippen LogP contribution is 2.30. The largest absolute Gasteiger partial charge is 0.345 e. The topological polar surface area (TPSA) is 76.0 Å². The van der Waals surface area contributed by atoms with Crippen LogP contribution in [-0.4, -0.2) is 21.6 Å². The average Bonchev–Trinajstić information content (AvgIpc) is 3.36. The zero-order valence-electron chi connectivity index (χ0n) is 15.1. The molecule has 0 aliphatic heterocycles. The molecule has 1 unspecified atom stereocenters. The third-order valence-corrected chi connectivity index (χ3v) is 4.71. The number of nitrogens with one attached hydrogen (secondary N) is 2. The quantitative estimate of drug-likeness (QED) is 0.879. The van der Waals surface area contributed by atoms with Gasteiger partial charge in [-0.15, -0.1) is 0 Å². The monoisotopic (exact) mass is 340 g/mol. The molecule has 1 aromatic heterocycles. The van der Waals surface area contributed by atoms with E-state index in [-0.39, 0.29) is 23.8 Å². The molecule has 132 valence electrons. The summed E-state index contributed by atoms with van der Waals surface area (Å²) < 4.78 is 1.71. The molecule has 1 saturated carbocycles. The predicted octanol–water partition coefficient (Wildman–Crippen LogP) is 2.88. The molecule has 0 radical (unpaired) electrons. The Morgan fingerprint density at radius 1 is 1.20 bits per heavy atom. The van der Waals surface area contributed by atoms with Crippen LogP contribution in [0, 0.1) is 19.8 Å². The fraction of sp³-hybridized carbons (Fsp3) is 0.421. The Hall–Kier alpha value is -2.63. The standard InChI is InChI=1S/C19H24N4O2/c1-11(20-19(25)17-12(2)22-23(4)13(17)3)14-7-9-16(10-8-14)21-18(24)15-5-6-15/h7-11,15H,5-6H2,1-4H3,(H,20,25)(H,21,24). The van der Waals surface area contributed by atoms with Crippen LogP contribution in [0.2, 0.25) is 0 Å². The Labute approximate surface area is 147 Å². The SMILES string of the molecule is Cc1nn(C)c(C)c1C(=O)NC(C)c1ccc(NC(=O)C2CC2)cc1. The maximum atomic E-state index is 12.6. The first kappa shape index (κ1) is 17.2. The number of aryl methyl sites for hydroxylation is 2. The lowest BCUT2D eigenvalue weighted by Crippen LogP contribution is -2.27. The maximum Gasteiger partial charge on any atom is 0.255 e. The number of benzene rings is 1. The molecule has 1 atom stereocenters. The molecule has 6 heteroatoms. The Kier molecular flexibility index (Phi) is 4.61. The lowest BCUT2D eigenvalue weighted by atomic mass is 10.1. The lowest BCUT2D eigenvalue weighted by Gasteiger charge is -2.15. The fourth-order valence-electron chi connectivity index (χ4n) is 2.90. The highest BCUT2D eigenvalue weighted by Gasteiger charge is 2.29. The first-order valence-corrected chi connectivity index (χ1v) is 8.58. The summed E-state index contributed by atoms with van der Waals surface area (Å²) in [6.07, 6.45) is 1.97. The van der Waals surface area contributed by atoms with Gasteiger partial charge in [0.1, 0.15) is 0 Å². The van der Waals surface area contributed by atoms with E-state index in [9.17, 15) is 9.59 Å². The van der Waals surface area contributed by atoms with Crippen molar-refractivity contribution in [3.8, 4) is 0 Å². The number of nitrogens with zero attached hydrogens (tertiary/aromatic N) is 2. The van der Waals surface area contributed by atoms with Crippen molar-refractivity contribution in [1.82, 2.24) is 15.1 Å². The van der Waals surface area contributed by atoms with Gasteiger partial charge in [-0.3, -0.25) is 14.3 Å². The zero-order valence-corrected chi connectivity index (χ0v) is 15.1. The van der Waals surface area contributed by atoms with Crippen LogP contribution >= 0.6 is 0 Å². The van der Waals surface area contributed by atoms with Crippen molar-refractivity contribution < 1.29 is 9.59 Å². The molecule has 0 spiro atoms. The normalized spacial score (nSPS) is 14.9. The zero-order chi connectivity index (χ0) is 18.1. The van der Waals surface area contributed by atoms with Gasteiger partial charge < -0.3 is 10.6 Å². The summed E-state index contributed by atoms with van der Waals surface area (Å²) in [4.78, 5) is 24.3. The summed E-state index contributed by atoms with van der Waals surface area (Å²) in [7, 11) is 1.83. The number of amides is 2. The van der Waals surface area contributed by atoms with Crippen molar-refractivity contribution in [3.05, 3.63) is 46.8 Å². The highest BCUT2D eigenvalue weighted by atomic mass is 16.2. The molecule has 1 fully saturated rings. The summed E-state index contributed by atoms with van der Waals surface area (Å²) in [5, 5.41) is 10.2. The van der Waals surface area contributed by atoms with Gasteiger partial charge in [-0.05, 0) is 51.3 Å². The molecule has 1 heterocycles. The summed E-state index contributed by atoms with van der Waals surface area (Å²) >= 11 is 0. The molecular weight excluding hydrogens is 316 g/mol. The molecule has 6 nitrogen and oxygen atoms in total. The van der Waals surface area contributed by atoms with Crippen molar-refractivity contribution in [2.24, 2.45) is 13.0 Å². The van der Waals surface area contributed by atoms with E-state index in [1.807, 2.05) is 52.1 Å². The van der Waals surface area contributed by atoms with Crippen molar-refractivity contribution in [1.29, 1.82) is 0 Å². The van der Waals surface area contributed by atoms with E-state index >= 15 is 0 Å². The van der Waals surface area contributed by atoms with E-state index in [4.69, 9.17) is 0 Å². The van der Waals surface area contributed by atoms with Gasteiger partial charge in [0.05, 0.1) is 17.3 Å². The minimum Gasteiger partial charge on any atom is -0.345 e. The molecule has 1 aromatic carbocycles. The van der Waals surface area contributed by atoms with Crippen molar-refractivity contribution in [2.75, 3.05) is 5.32 Å². The third-order valence-electron chi connectivity index (χ3n) is 4.71. The number of carbonyl (C=O) groups excluding carboxylic acids is 2. The summed E-state index contributed by atoms with van der Waals surface area (Å²) in [5.41, 5.74) is 3.97. The minimum absolute atomic E-state index is 0.0941. The Balaban J connectivity index is 1.65. The van der Waals surface area contributed by atoms with Crippen LogP contribution < -0.4 is 10.6 Å². The van der Waals surface area contributed by atoms with E-state index in [1.54, 1.807) is 4.68 Å². The summed E-state index contributed by atoms with van der Waals surface area (Å²) in [5.74, 6) is 0.155. The van der Waals surface area contributed by atoms with Gasteiger partial charge in [0.2, 0.25) is 5.91 Å². The van der Waals surface area contributed by atoms with E-state index in [2.05, 4.69) is 15.7 Å². The second-order valence-corrected chi connectivity index (χ2v) is 6.75. The Morgan fingerprint density at radius 3 is 2.36 bits per heavy atom. The van der Waals surface area contributed by atoms with Gasteiger partial charge in [0.25, 0.3) is 5.91 Å². The molecule has 2 N–H and O–H groups in total. The van der Waals surface area contributed by atoms with Crippen LogP contribution in [0.1, 0.15) is 53.1 Å². The lowest BCUT2D eigenvalue weighted by molar-refractivity contribution is -0.117. The van der Waals surface area contributed by atoms with Gasteiger partial charge in [0.15, 0.2) is 0 Å². The number of anilines is 1. The van der Waals surface area contributed by atoms with Gasteiger partial charge in [-0.1, -0.05) is 12.1 Å². The van der Waals surface area contributed by atoms with Crippen molar-refractivity contribution in [2.45, 2.75) is 39.7 Å². The van der Waals surface area contributed by atoms with Gasteiger partial charge in [0, 0.05) is 24.3 Å². The number of hydrogen-bond acceptors (Lipinski definition) is 3. The number of rotatable bonds is 5. The smallest absolute Gasteiger partial charge is 0.255 e. The molecule has 2 aromatic rings. The Bertz CT molecular complexity index is 804. The van der Waals surface area contributed by atoms with E-state index in [1.165, 1.54) is 0 Å². The first-order valence-electron chi connectivity index (χ1n) is 8.58. The summed E-state index contributed by atoms with van der Waals surface area (Å²) in [6, 6.07) is 7.46. The Morgan fingerprint density at radius 2 is 1.84 bits per heavy atom. The number of carbonyl (C=O) groups is 2. The first-order chi connectivity index (χ1) is 11.9. The van der Waals surface area contributed by atoms with Crippen LogP contribution in [-0.2, 0) is 11.8 Å². The van der Waals surface area contributed by atoms with Gasteiger partial charge in [-0.2, -0.15) is 5.10 Å². The second kappa shape index (κ2) is 6.70. The van der Waals surface area contributed by atoms with Crippen LogP contribution in [0.4, 0.5) is 5.69 Å². The van der Waals surface area contributed by atoms with Crippen LogP contribution in [0.15, 0.2) is 24.3 Å². The highest BCUT2D eigenvalue weighted by molar-refractivity contribution is 5.96. The number of aromatic nitrogens is 2. The fourth-order valence-corrected chi connectivity index (χ4v) is 2.90. The summed E-state index contributed by atoms with van der Waals surface area (Å²) in [6.45, 7) is 5.66. The van der Waals surface area contributed by atoms with Gasteiger partial charge in [-0.25, -0.2) is 0 Å². The van der Waals surface area contributed by atoms with E-state index < -0.39 is 0 Å². The molecule has 0 bridgehead atoms. The molecule has 2 amide bonds. The average molecular weight is 340 g/mol. The molecule has 3 rings (SSSR count). The van der Waals surface area contributed by atoms with E-state index in [0.29, 0.717) is 5.56 Å². The second-order valence-electron chi connectivity index (χ2n) is 6.75. The predicted molar refractivity (Wildman–Crippen MR) is 96.4 cm³/mol. The van der Waals surface area contributed by atoms with Crippen LogP contribution in [0.3, 0.4) is 0 Å². The molecule has 1 aliphatic carbocycles. The maximum absolute atomic E-state index is 12.6. The minimum atomic E-state index is -0.139. The third kappa shape index (κ3) is 3.73. The van der Waals surface area contributed by atoms with E-state index in [0.717, 1.165) is 35.5 Å². The van der Waals surface area contributed by atoms with Crippen LogP contribution in [0.25, 0.3) is 0 Å². The molecule has 25 heavy (non-hydrogen) atoms. The molecule has 0 saturated heterocycles. The molecule has 1 aliphatic rings. The molecular formula is C19H24N4O2. The van der Waals surface area contributed by atoms with Crippen LogP contribution in [0.5, 0.6) is 0 Å². The van der Waals surface area contributed by atoms with Crippen molar-refractivity contribution in [3.63, 3.8) is 0 Å². The van der Waals surface area contributed by atoms with Crippen molar-refractivity contribution >= 4 is 17.5 Å². The van der Waals surface area contributed by atoms with Gasteiger partial charge >= 0.3 is 0 Å². The number of hydrogen-bond donors (Lipinski definition) is 2.